The Bertz CT molecular complexity index is 666. The lowest BCUT2D eigenvalue weighted by molar-refractivity contribution is -0.142. The average molecular weight is 316 g/mol. The van der Waals surface area contributed by atoms with Gasteiger partial charge in [-0.25, -0.2) is 4.98 Å². The summed E-state index contributed by atoms with van der Waals surface area (Å²) in [6, 6.07) is 9.61. The Labute approximate surface area is 134 Å². The highest BCUT2D eigenvalue weighted by molar-refractivity contribution is 5.77. The second-order valence-corrected chi connectivity index (χ2v) is 5.50. The zero-order valence-electron chi connectivity index (χ0n) is 13.2. The predicted molar refractivity (Wildman–Crippen MR) is 84.7 cm³/mol. The average Bonchev–Trinajstić information content (AvgIpc) is 3.02. The van der Waals surface area contributed by atoms with Crippen molar-refractivity contribution in [2.24, 2.45) is 5.92 Å². The Morgan fingerprint density at radius 2 is 2.00 bits per heavy atom. The van der Waals surface area contributed by atoms with Crippen LogP contribution in [-0.2, 0) is 16.0 Å². The number of carbonyl (C=O) groups is 2. The van der Waals surface area contributed by atoms with E-state index in [4.69, 9.17) is 9.52 Å². The van der Waals surface area contributed by atoms with E-state index >= 15 is 0 Å². The summed E-state index contributed by atoms with van der Waals surface area (Å²) in [6.45, 7) is 1.77. The maximum absolute atomic E-state index is 12.0. The first-order chi connectivity index (χ1) is 11.0. The molecule has 0 saturated heterocycles. The minimum atomic E-state index is -0.912. The summed E-state index contributed by atoms with van der Waals surface area (Å²) in [4.78, 5) is 28.4. The molecule has 2 aromatic rings. The maximum atomic E-state index is 12.0. The highest BCUT2D eigenvalue weighted by Gasteiger charge is 2.18. The molecule has 6 nitrogen and oxygen atoms in total. The van der Waals surface area contributed by atoms with Crippen LogP contribution in [0, 0.1) is 5.92 Å². The number of aromatic nitrogens is 1. The minimum absolute atomic E-state index is 0.127. The Morgan fingerprint density at radius 1 is 1.30 bits per heavy atom. The molecule has 0 saturated carbocycles. The molecular weight excluding hydrogens is 296 g/mol. The summed E-state index contributed by atoms with van der Waals surface area (Å²) in [7, 11) is 1.60. The molecule has 122 valence electrons. The molecule has 1 heterocycles. The lowest BCUT2D eigenvalue weighted by Gasteiger charge is -2.19. The summed E-state index contributed by atoms with van der Waals surface area (Å²) >= 11 is 0. The molecule has 1 amide bonds. The first-order valence-electron chi connectivity index (χ1n) is 7.44. The van der Waals surface area contributed by atoms with E-state index < -0.39 is 11.9 Å². The molecule has 1 N–H and O–H groups in total. The van der Waals surface area contributed by atoms with Crippen LogP contribution >= 0.6 is 0 Å². The van der Waals surface area contributed by atoms with Crippen molar-refractivity contribution >= 4 is 11.9 Å². The van der Waals surface area contributed by atoms with Gasteiger partial charge in [-0.3, -0.25) is 9.59 Å². The number of hydrogen-bond acceptors (Lipinski definition) is 4. The number of benzene rings is 1. The van der Waals surface area contributed by atoms with Gasteiger partial charge in [-0.1, -0.05) is 37.3 Å². The molecule has 0 aliphatic carbocycles. The molecule has 2 rings (SSSR count). The van der Waals surface area contributed by atoms with Crippen LogP contribution in [0.15, 0.2) is 40.9 Å². The summed E-state index contributed by atoms with van der Waals surface area (Å²) in [6.07, 6.45) is 2.26. The molecular formula is C17H20N2O4. The molecule has 0 aliphatic heterocycles. The molecule has 1 aromatic heterocycles. The van der Waals surface area contributed by atoms with E-state index in [2.05, 4.69) is 4.98 Å². The molecule has 0 spiro atoms. The van der Waals surface area contributed by atoms with Gasteiger partial charge in [0.1, 0.15) is 0 Å². The maximum Gasteiger partial charge on any atom is 0.308 e. The van der Waals surface area contributed by atoms with Crippen LogP contribution in [0.4, 0.5) is 0 Å². The summed E-state index contributed by atoms with van der Waals surface area (Å²) < 4.78 is 5.64. The van der Waals surface area contributed by atoms with Gasteiger partial charge in [-0.05, 0) is 0 Å². The first-order valence-corrected chi connectivity index (χ1v) is 7.44. The van der Waals surface area contributed by atoms with Gasteiger partial charge in [-0.2, -0.15) is 0 Å². The second-order valence-electron chi connectivity index (χ2n) is 5.50. The fourth-order valence-corrected chi connectivity index (χ4v) is 2.16. The third-order valence-corrected chi connectivity index (χ3v) is 3.56. The molecule has 6 heteroatoms. The van der Waals surface area contributed by atoms with E-state index in [1.807, 2.05) is 30.3 Å². The molecule has 1 atom stereocenters. The SMILES string of the molecule is CC(CN(C)C(=O)CCc1ncc(-c2ccccc2)o1)C(=O)O. The van der Waals surface area contributed by atoms with Gasteiger partial charge in [0.2, 0.25) is 5.91 Å². The molecule has 23 heavy (non-hydrogen) atoms. The van der Waals surface area contributed by atoms with E-state index in [-0.39, 0.29) is 18.9 Å². The molecule has 0 aliphatic rings. The minimum Gasteiger partial charge on any atom is -0.481 e. The van der Waals surface area contributed by atoms with Gasteiger partial charge >= 0.3 is 5.97 Å². The van der Waals surface area contributed by atoms with Crippen molar-refractivity contribution in [1.29, 1.82) is 0 Å². The van der Waals surface area contributed by atoms with Crippen molar-refractivity contribution in [2.45, 2.75) is 19.8 Å². The van der Waals surface area contributed by atoms with E-state index in [0.29, 0.717) is 18.1 Å². The van der Waals surface area contributed by atoms with Gasteiger partial charge in [0.25, 0.3) is 0 Å². The number of rotatable bonds is 7. The van der Waals surface area contributed by atoms with Crippen LogP contribution in [0.3, 0.4) is 0 Å². The van der Waals surface area contributed by atoms with Crippen molar-refractivity contribution in [3.8, 4) is 11.3 Å². The van der Waals surface area contributed by atoms with Gasteiger partial charge in [0.15, 0.2) is 11.7 Å². The van der Waals surface area contributed by atoms with Crippen molar-refractivity contribution in [2.75, 3.05) is 13.6 Å². The molecule has 1 unspecified atom stereocenters. The monoisotopic (exact) mass is 316 g/mol. The van der Waals surface area contributed by atoms with Crippen molar-refractivity contribution < 1.29 is 19.1 Å². The quantitative estimate of drug-likeness (QED) is 0.848. The smallest absolute Gasteiger partial charge is 0.308 e. The normalized spacial score (nSPS) is 11.9. The number of carboxylic acids is 1. The first kappa shape index (κ1) is 16.7. The third-order valence-electron chi connectivity index (χ3n) is 3.56. The van der Waals surface area contributed by atoms with E-state index in [1.165, 1.54) is 4.90 Å². The van der Waals surface area contributed by atoms with E-state index in [0.717, 1.165) is 5.56 Å². The van der Waals surface area contributed by atoms with Gasteiger partial charge in [0, 0.05) is 32.0 Å². The van der Waals surface area contributed by atoms with Crippen LogP contribution in [0.1, 0.15) is 19.2 Å². The molecule has 0 bridgehead atoms. The lowest BCUT2D eigenvalue weighted by Crippen LogP contribution is -2.33. The van der Waals surface area contributed by atoms with E-state index in [1.54, 1.807) is 20.2 Å². The van der Waals surface area contributed by atoms with Crippen LogP contribution in [-0.4, -0.2) is 40.5 Å². The third kappa shape index (κ3) is 4.67. The summed E-state index contributed by atoms with van der Waals surface area (Å²) in [5.41, 5.74) is 0.935. The Kier molecular flexibility index (Phi) is 5.51. The number of nitrogens with zero attached hydrogens (tertiary/aromatic N) is 2. The van der Waals surface area contributed by atoms with Gasteiger partial charge < -0.3 is 14.4 Å². The summed E-state index contributed by atoms with van der Waals surface area (Å²) in [5.74, 6) is -0.462. The Morgan fingerprint density at radius 3 is 2.65 bits per heavy atom. The van der Waals surface area contributed by atoms with Crippen LogP contribution in [0.5, 0.6) is 0 Å². The largest absolute Gasteiger partial charge is 0.481 e. The van der Waals surface area contributed by atoms with Crippen molar-refractivity contribution in [3.63, 3.8) is 0 Å². The highest BCUT2D eigenvalue weighted by atomic mass is 16.4. The zero-order valence-corrected chi connectivity index (χ0v) is 13.2. The number of aliphatic carboxylic acids is 1. The number of oxazole rings is 1. The highest BCUT2D eigenvalue weighted by Crippen LogP contribution is 2.20. The number of aryl methyl sites for hydroxylation is 1. The number of amides is 1. The van der Waals surface area contributed by atoms with Gasteiger partial charge in [-0.15, -0.1) is 0 Å². The molecule has 0 fully saturated rings. The number of carboxylic acid groups (broad SMARTS) is 1. The molecule has 0 radical (unpaired) electrons. The van der Waals surface area contributed by atoms with Crippen molar-refractivity contribution in [3.05, 3.63) is 42.4 Å². The van der Waals surface area contributed by atoms with E-state index in [9.17, 15) is 9.59 Å². The number of hydrogen-bond donors (Lipinski definition) is 1. The second kappa shape index (κ2) is 7.58. The fourth-order valence-electron chi connectivity index (χ4n) is 2.16. The standard InChI is InChI=1S/C17H20N2O4/c1-12(17(21)22)11-19(2)16(20)9-8-15-18-10-14(23-15)13-6-4-3-5-7-13/h3-7,10,12H,8-9,11H2,1-2H3,(H,21,22). The van der Waals surface area contributed by atoms with Crippen molar-refractivity contribution in [1.82, 2.24) is 9.88 Å². The summed E-state index contributed by atoms with van der Waals surface area (Å²) in [5, 5.41) is 8.87. The Hall–Kier alpha value is -2.63. The topological polar surface area (TPSA) is 83.6 Å². The van der Waals surface area contributed by atoms with Crippen LogP contribution in [0.25, 0.3) is 11.3 Å². The van der Waals surface area contributed by atoms with Gasteiger partial charge in [0.05, 0.1) is 12.1 Å². The molecule has 1 aromatic carbocycles. The van der Waals surface area contributed by atoms with Crippen LogP contribution < -0.4 is 0 Å². The fraction of sp³-hybridized carbons (Fsp3) is 0.353. The Balaban J connectivity index is 1.87. The lowest BCUT2D eigenvalue weighted by atomic mass is 10.1. The van der Waals surface area contributed by atoms with Crippen LogP contribution in [0.2, 0.25) is 0 Å². The number of carbonyl (C=O) groups excluding carboxylic acids is 1. The predicted octanol–water partition coefficient (Wildman–Crippen LogP) is 2.45. The zero-order chi connectivity index (χ0) is 16.8.